The Morgan fingerprint density at radius 1 is 1.06 bits per heavy atom. The minimum absolute atomic E-state index is 0.0124. The number of carbonyl (C=O) groups excluding carboxylic acids is 2. The van der Waals surface area contributed by atoms with Crippen molar-refractivity contribution in [2.24, 2.45) is 0 Å². The highest BCUT2D eigenvalue weighted by Gasteiger charge is 2.23. The van der Waals surface area contributed by atoms with E-state index in [1.165, 1.54) is 24.6 Å². The van der Waals surface area contributed by atoms with Crippen molar-refractivity contribution in [3.8, 4) is 0 Å². The van der Waals surface area contributed by atoms with E-state index in [1.54, 1.807) is 23.1 Å². The lowest BCUT2D eigenvalue weighted by Crippen LogP contribution is -2.50. The highest BCUT2D eigenvalue weighted by molar-refractivity contribution is 8.03. The number of nitrogens with one attached hydrogen (secondary N) is 1. The number of thioether (sulfide) groups is 2. The summed E-state index contributed by atoms with van der Waals surface area (Å²) in [6, 6.07) is 5.99. The van der Waals surface area contributed by atoms with Crippen LogP contribution >= 0.6 is 34.9 Å². The van der Waals surface area contributed by atoms with Crippen LogP contribution in [0.5, 0.6) is 0 Å². The Hall–Kier alpha value is -1.62. The molecule has 1 aromatic carbocycles. The summed E-state index contributed by atoms with van der Waals surface area (Å²) in [6.45, 7) is 9.20. The highest BCUT2D eigenvalue weighted by Crippen LogP contribution is 2.29. The van der Waals surface area contributed by atoms with Crippen LogP contribution < -0.4 is 5.32 Å². The Morgan fingerprint density at radius 3 is 2.38 bits per heavy atom. The average Bonchev–Trinajstić information content (AvgIpc) is 3.23. The molecule has 1 aromatic heterocycles. The molecule has 1 saturated heterocycles. The largest absolute Gasteiger partial charge is 0.339 e. The third kappa shape index (κ3) is 7.47. The van der Waals surface area contributed by atoms with Gasteiger partial charge in [-0.1, -0.05) is 66.4 Å². The summed E-state index contributed by atoms with van der Waals surface area (Å²) >= 11 is 4.76. The van der Waals surface area contributed by atoms with E-state index in [2.05, 4.69) is 27.3 Å². The first-order valence-electron chi connectivity index (χ1n) is 10.9. The van der Waals surface area contributed by atoms with Gasteiger partial charge in [-0.05, 0) is 31.4 Å². The summed E-state index contributed by atoms with van der Waals surface area (Å²) in [5.74, 6) is 1.54. The van der Waals surface area contributed by atoms with Crippen molar-refractivity contribution >= 4 is 52.4 Å². The SMILES string of the molecule is CCCCSc1nnc(SCC(=O)N2CCN(CC(=O)Nc3c(C)cccc3C)CC2)s1. The molecule has 1 aliphatic heterocycles. The van der Waals surface area contributed by atoms with Gasteiger partial charge in [0.2, 0.25) is 11.8 Å². The molecule has 10 heteroatoms. The molecule has 0 saturated carbocycles. The van der Waals surface area contributed by atoms with Gasteiger partial charge in [-0.3, -0.25) is 14.5 Å². The smallest absolute Gasteiger partial charge is 0.238 e. The lowest BCUT2D eigenvalue weighted by molar-refractivity contribution is -0.130. The molecule has 0 atom stereocenters. The summed E-state index contributed by atoms with van der Waals surface area (Å²) < 4.78 is 1.82. The van der Waals surface area contributed by atoms with Crippen LogP contribution in [0.3, 0.4) is 0 Å². The van der Waals surface area contributed by atoms with E-state index in [9.17, 15) is 9.59 Å². The molecule has 2 amide bonds. The quantitative estimate of drug-likeness (QED) is 0.397. The third-order valence-corrected chi connectivity index (χ3v) is 8.53. The highest BCUT2D eigenvalue weighted by atomic mass is 32.2. The number of benzene rings is 1. The lowest BCUT2D eigenvalue weighted by atomic mass is 10.1. The van der Waals surface area contributed by atoms with Crippen molar-refractivity contribution in [2.75, 3.05) is 49.5 Å². The molecule has 1 aliphatic rings. The molecule has 0 bridgehead atoms. The molecule has 0 aliphatic carbocycles. The average molecular weight is 494 g/mol. The fraction of sp³-hybridized carbons (Fsp3) is 0.545. The number of hydrogen-bond acceptors (Lipinski definition) is 8. The van der Waals surface area contributed by atoms with Crippen LogP contribution in [0.15, 0.2) is 26.9 Å². The van der Waals surface area contributed by atoms with Gasteiger partial charge < -0.3 is 10.2 Å². The molecule has 32 heavy (non-hydrogen) atoms. The van der Waals surface area contributed by atoms with Gasteiger partial charge in [0, 0.05) is 37.6 Å². The van der Waals surface area contributed by atoms with Gasteiger partial charge in [0.05, 0.1) is 12.3 Å². The Kier molecular flexibility index (Phi) is 9.83. The number of rotatable bonds is 10. The molecule has 0 radical (unpaired) electrons. The maximum absolute atomic E-state index is 12.6. The predicted molar refractivity (Wildman–Crippen MR) is 134 cm³/mol. The van der Waals surface area contributed by atoms with Crippen molar-refractivity contribution in [2.45, 2.75) is 42.3 Å². The third-order valence-electron chi connectivity index (χ3n) is 5.27. The number of hydrogen-bond donors (Lipinski definition) is 1. The first kappa shape index (κ1) is 25.0. The van der Waals surface area contributed by atoms with Gasteiger partial charge >= 0.3 is 0 Å². The first-order valence-corrected chi connectivity index (χ1v) is 13.7. The topological polar surface area (TPSA) is 78.4 Å². The molecule has 0 spiro atoms. The Labute approximate surface area is 202 Å². The summed E-state index contributed by atoms with van der Waals surface area (Å²) in [4.78, 5) is 29.1. The Balaban J connectivity index is 1.37. The van der Waals surface area contributed by atoms with Crippen LogP contribution in [0.1, 0.15) is 30.9 Å². The number of nitrogens with zero attached hydrogens (tertiary/aromatic N) is 4. The molecule has 0 unspecified atom stereocenters. The number of carbonyl (C=O) groups is 2. The maximum Gasteiger partial charge on any atom is 0.238 e. The van der Waals surface area contributed by atoms with Crippen LogP contribution in [0.4, 0.5) is 5.69 Å². The summed E-state index contributed by atoms with van der Waals surface area (Å²) in [6.07, 6.45) is 2.34. The number of aromatic nitrogens is 2. The molecule has 2 aromatic rings. The number of amides is 2. The maximum atomic E-state index is 12.6. The molecule has 2 heterocycles. The second kappa shape index (κ2) is 12.6. The van der Waals surface area contributed by atoms with E-state index in [1.807, 2.05) is 36.9 Å². The van der Waals surface area contributed by atoms with Crippen molar-refractivity contribution < 1.29 is 9.59 Å². The van der Waals surface area contributed by atoms with E-state index >= 15 is 0 Å². The number of unbranched alkanes of at least 4 members (excludes halogenated alkanes) is 1. The van der Waals surface area contributed by atoms with Crippen molar-refractivity contribution in [3.05, 3.63) is 29.3 Å². The summed E-state index contributed by atoms with van der Waals surface area (Å²) in [7, 11) is 0. The number of anilines is 1. The van der Waals surface area contributed by atoms with Gasteiger partial charge in [0.15, 0.2) is 8.68 Å². The number of aryl methyl sites for hydroxylation is 2. The predicted octanol–water partition coefficient (Wildman–Crippen LogP) is 3.92. The zero-order valence-corrected chi connectivity index (χ0v) is 21.4. The van der Waals surface area contributed by atoms with Gasteiger partial charge in [-0.25, -0.2) is 0 Å². The minimum Gasteiger partial charge on any atom is -0.339 e. The van der Waals surface area contributed by atoms with Crippen molar-refractivity contribution in [1.29, 1.82) is 0 Å². The van der Waals surface area contributed by atoms with Crippen LogP contribution in [0.25, 0.3) is 0 Å². The van der Waals surface area contributed by atoms with E-state index in [4.69, 9.17) is 0 Å². The van der Waals surface area contributed by atoms with Gasteiger partial charge in [0.1, 0.15) is 0 Å². The van der Waals surface area contributed by atoms with Crippen LogP contribution in [0, 0.1) is 13.8 Å². The Morgan fingerprint density at radius 2 is 1.72 bits per heavy atom. The normalized spacial score (nSPS) is 14.5. The molecule has 7 nitrogen and oxygen atoms in total. The minimum atomic E-state index is -0.0124. The zero-order chi connectivity index (χ0) is 22.9. The van der Waals surface area contributed by atoms with Crippen LogP contribution in [0.2, 0.25) is 0 Å². The van der Waals surface area contributed by atoms with Gasteiger partial charge in [-0.15, -0.1) is 10.2 Å². The Bertz CT molecular complexity index is 892. The first-order chi connectivity index (χ1) is 15.5. The van der Waals surface area contributed by atoms with E-state index < -0.39 is 0 Å². The molecular weight excluding hydrogens is 462 g/mol. The molecule has 174 valence electrons. The van der Waals surface area contributed by atoms with Crippen molar-refractivity contribution in [1.82, 2.24) is 20.0 Å². The molecule has 3 rings (SSSR count). The second-order valence-electron chi connectivity index (χ2n) is 7.80. The number of para-hydroxylation sites is 1. The van der Waals surface area contributed by atoms with E-state index in [-0.39, 0.29) is 11.8 Å². The molecular formula is C22H31N5O2S3. The zero-order valence-electron chi connectivity index (χ0n) is 18.9. The fourth-order valence-corrected chi connectivity index (χ4v) is 6.46. The lowest BCUT2D eigenvalue weighted by Gasteiger charge is -2.34. The van der Waals surface area contributed by atoms with E-state index in [0.717, 1.165) is 31.2 Å². The van der Waals surface area contributed by atoms with Gasteiger partial charge in [-0.2, -0.15) is 0 Å². The van der Waals surface area contributed by atoms with Crippen LogP contribution in [-0.2, 0) is 9.59 Å². The van der Waals surface area contributed by atoms with E-state index in [0.29, 0.717) is 38.5 Å². The van der Waals surface area contributed by atoms with Gasteiger partial charge in [0.25, 0.3) is 0 Å². The second-order valence-corrected chi connectivity index (χ2v) is 11.3. The summed E-state index contributed by atoms with van der Waals surface area (Å²) in [5.41, 5.74) is 3.02. The van der Waals surface area contributed by atoms with Crippen molar-refractivity contribution in [3.63, 3.8) is 0 Å². The fourth-order valence-electron chi connectivity index (χ4n) is 3.38. The van der Waals surface area contributed by atoms with Crippen LogP contribution in [-0.4, -0.2) is 76.0 Å². The summed E-state index contributed by atoms with van der Waals surface area (Å²) in [5, 5.41) is 11.4. The number of piperazine rings is 1. The molecule has 1 fully saturated rings. The monoisotopic (exact) mass is 493 g/mol. The molecule has 1 N–H and O–H groups in total. The standard InChI is InChI=1S/C22H31N5O2S3/c1-4-5-13-30-21-24-25-22(32-21)31-15-19(29)27-11-9-26(10-12-27)14-18(28)23-20-16(2)7-6-8-17(20)3/h6-8H,4-5,9-15H2,1-3H3,(H,23,28).